The van der Waals surface area contributed by atoms with Crippen LogP contribution in [0.2, 0.25) is 10.0 Å². The lowest BCUT2D eigenvalue weighted by atomic mass is 10.0. The highest BCUT2D eigenvalue weighted by Crippen LogP contribution is 2.27. The molecule has 1 heterocycles. The van der Waals surface area contributed by atoms with Crippen molar-refractivity contribution in [2.45, 2.75) is 19.4 Å². The van der Waals surface area contributed by atoms with Crippen LogP contribution in [-0.2, 0) is 0 Å². The van der Waals surface area contributed by atoms with Crippen LogP contribution in [0, 0.1) is 0 Å². The van der Waals surface area contributed by atoms with E-state index in [9.17, 15) is 0 Å². The molecule has 0 saturated carbocycles. The van der Waals surface area contributed by atoms with Crippen molar-refractivity contribution >= 4 is 23.2 Å². The van der Waals surface area contributed by atoms with Crippen LogP contribution in [-0.4, -0.2) is 16.5 Å². The molecule has 3 nitrogen and oxygen atoms in total. The molecule has 5 heteroatoms. The Morgan fingerprint density at radius 1 is 1.05 bits per heavy atom. The molecule has 2 aromatic rings. The van der Waals surface area contributed by atoms with Crippen molar-refractivity contribution in [3.05, 3.63) is 58.1 Å². The zero-order valence-electron chi connectivity index (χ0n) is 10.6. The minimum absolute atomic E-state index is 0.00245. The van der Waals surface area contributed by atoms with Gasteiger partial charge in [-0.3, -0.25) is 0 Å². The van der Waals surface area contributed by atoms with E-state index in [2.05, 4.69) is 22.2 Å². The van der Waals surface area contributed by atoms with Gasteiger partial charge in [-0.05, 0) is 36.7 Å². The van der Waals surface area contributed by atoms with E-state index in [4.69, 9.17) is 23.2 Å². The van der Waals surface area contributed by atoms with Crippen LogP contribution in [0.15, 0.2) is 36.9 Å². The van der Waals surface area contributed by atoms with Crippen LogP contribution in [0.3, 0.4) is 0 Å². The summed E-state index contributed by atoms with van der Waals surface area (Å²) >= 11 is 12.1. The molecule has 0 aliphatic heterocycles. The van der Waals surface area contributed by atoms with Gasteiger partial charge < -0.3 is 5.32 Å². The first-order valence-electron chi connectivity index (χ1n) is 6.15. The molecule has 0 aliphatic rings. The summed E-state index contributed by atoms with van der Waals surface area (Å²) in [7, 11) is 0. The molecule has 1 N–H and O–H groups in total. The number of hydrogen-bond acceptors (Lipinski definition) is 3. The van der Waals surface area contributed by atoms with Crippen LogP contribution in [0.5, 0.6) is 0 Å². The normalized spacial score (nSPS) is 12.4. The van der Waals surface area contributed by atoms with Gasteiger partial charge in [-0.15, -0.1) is 0 Å². The Labute approximate surface area is 123 Å². The minimum atomic E-state index is -0.00245. The quantitative estimate of drug-likeness (QED) is 0.910. The molecule has 0 bridgehead atoms. The average molecular weight is 296 g/mol. The van der Waals surface area contributed by atoms with Crippen LogP contribution in [0.25, 0.3) is 0 Å². The van der Waals surface area contributed by atoms with Gasteiger partial charge >= 0.3 is 0 Å². The van der Waals surface area contributed by atoms with Crippen molar-refractivity contribution in [2.75, 3.05) is 6.54 Å². The van der Waals surface area contributed by atoms with Gasteiger partial charge in [0.1, 0.15) is 6.33 Å². The highest BCUT2D eigenvalue weighted by molar-refractivity contribution is 6.34. The van der Waals surface area contributed by atoms with Crippen molar-refractivity contribution in [1.29, 1.82) is 0 Å². The molecule has 0 aliphatic carbocycles. The molecule has 1 aromatic heterocycles. The second kappa shape index (κ2) is 6.85. The van der Waals surface area contributed by atoms with Gasteiger partial charge in [0.15, 0.2) is 0 Å². The third kappa shape index (κ3) is 3.90. The van der Waals surface area contributed by atoms with Crippen LogP contribution in [0.1, 0.15) is 30.5 Å². The zero-order valence-corrected chi connectivity index (χ0v) is 12.1. The number of halogens is 2. The summed E-state index contributed by atoms with van der Waals surface area (Å²) in [5.41, 5.74) is 2.01. The lowest BCUT2D eigenvalue weighted by Crippen LogP contribution is -2.23. The molecular weight excluding hydrogens is 281 g/mol. The maximum Gasteiger partial charge on any atom is 0.115 e. The summed E-state index contributed by atoms with van der Waals surface area (Å²) in [5.74, 6) is 0. The summed E-state index contributed by atoms with van der Waals surface area (Å²) in [6.45, 7) is 3.01. The molecule has 0 saturated heterocycles. The minimum Gasteiger partial charge on any atom is -0.306 e. The fourth-order valence-electron chi connectivity index (χ4n) is 1.92. The van der Waals surface area contributed by atoms with Gasteiger partial charge in [0.25, 0.3) is 0 Å². The van der Waals surface area contributed by atoms with Crippen molar-refractivity contribution in [3.63, 3.8) is 0 Å². The van der Waals surface area contributed by atoms with Gasteiger partial charge in [-0.2, -0.15) is 0 Å². The fraction of sp³-hybridized carbons (Fsp3) is 0.286. The molecule has 0 amide bonds. The summed E-state index contributed by atoms with van der Waals surface area (Å²) in [6.07, 6.45) is 6.16. The first-order chi connectivity index (χ1) is 9.20. The maximum absolute atomic E-state index is 6.07. The Morgan fingerprint density at radius 3 is 2.26 bits per heavy atom. The van der Waals surface area contributed by atoms with E-state index in [1.54, 1.807) is 18.5 Å². The molecule has 1 aromatic carbocycles. The summed E-state index contributed by atoms with van der Waals surface area (Å²) < 4.78 is 0. The van der Waals surface area contributed by atoms with E-state index in [1.807, 2.05) is 12.1 Å². The van der Waals surface area contributed by atoms with E-state index < -0.39 is 0 Å². The van der Waals surface area contributed by atoms with Gasteiger partial charge in [-0.25, -0.2) is 9.97 Å². The van der Waals surface area contributed by atoms with Crippen LogP contribution < -0.4 is 5.32 Å². The largest absolute Gasteiger partial charge is 0.306 e. The SMILES string of the molecule is CCCNC(c1cncnc1)c1cc(Cl)cc(Cl)c1. The Kier molecular flexibility index (Phi) is 5.14. The number of benzene rings is 1. The third-order valence-electron chi connectivity index (χ3n) is 2.73. The topological polar surface area (TPSA) is 37.8 Å². The lowest BCUT2D eigenvalue weighted by Gasteiger charge is -2.19. The molecule has 2 rings (SSSR count). The number of nitrogens with zero attached hydrogens (tertiary/aromatic N) is 2. The highest BCUT2D eigenvalue weighted by Gasteiger charge is 2.15. The van der Waals surface area contributed by atoms with Gasteiger partial charge in [-0.1, -0.05) is 30.1 Å². The maximum atomic E-state index is 6.07. The van der Waals surface area contributed by atoms with E-state index in [0.29, 0.717) is 10.0 Å². The number of hydrogen-bond donors (Lipinski definition) is 1. The second-order valence-corrected chi connectivity index (χ2v) is 5.13. The molecular formula is C14H15Cl2N3. The third-order valence-corrected chi connectivity index (χ3v) is 3.17. The lowest BCUT2D eigenvalue weighted by molar-refractivity contribution is 0.595. The Balaban J connectivity index is 2.36. The predicted octanol–water partition coefficient (Wildman–Crippen LogP) is 3.87. The summed E-state index contributed by atoms with van der Waals surface area (Å²) in [5, 5.41) is 4.71. The number of aromatic nitrogens is 2. The Morgan fingerprint density at radius 2 is 1.68 bits per heavy atom. The van der Waals surface area contributed by atoms with E-state index in [1.165, 1.54) is 6.33 Å². The first kappa shape index (κ1) is 14.3. The first-order valence-corrected chi connectivity index (χ1v) is 6.90. The summed E-state index contributed by atoms with van der Waals surface area (Å²) in [6, 6.07) is 5.55. The molecule has 19 heavy (non-hydrogen) atoms. The number of rotatable bonds is 5. The van der Waals surface area contributed by atoms with Crippen molar-refractivity contribution in [1.82, 2.24) is 15.3 Å². The van der Waals surface area contributed by atoms with Crippen molar-refractivity contribution in [3.8, 4) is 0 Å². The Hall–Kier alpha value is -1.16. The van der Waals surface area contributed by atoms with Crippen LogP contribution >= 0.6 is 23.2 Å². The average Bonchev–Trinajstić information content (AvgIpc) is 2.39. The van der Waals surface area contributed by atoms with Gasteiger partial charge in [0.2, 0.25) is 0 Å². The highest BCUT2D eigenvalue weighted by atomic mass is 35.5. The van der Waals surface area contributed by atoms with Gasteiger partial charge in [0, 0.05) is 28.0 Å². The Bertz CT molecular complexity index is 511. The van der Waals surface area contributed by atoms with Crippen LogP contribution in [0.4, 0.5) is 0 Å². The molecule has 1 atom stereocenters. The molecule has 0 radical (unpaired) electrons. The van der Waals surface area contributed by atoms with Gasteiger partial charge in [0.05, 0.1) is 6.04 Å². The number of nitrogens with one attached hydrogen (secondary N) is 1. The molecule has 1 unspecified atom stereocenters. The smallest absolute Gasteiger partial charge is 0.115 e. The van der Waals surface area contributed by atoms with E-state index in [0.717, 1.165) is 24.1 Å². The second-order valence-electron chi connectivity index (χ2n) is 4.26. The monoisotopic (exact) mass is 295 g/mol. The standard InChI is InChI=1S/C14H15Cl2N3/c1-2-3-19-14(11-7-17-9-18-8-11)10-4-12(15)6-13(16)5-10/h4-9,14,19H,2-3H2,1H3. The van der Waals surface area contributed by atoms with E-state index in [-0.39, 0.29) is 6.04 Å². The van der Waals surface area contributed by atoms with E-state index >= 15 is 0 Å². The zero-order chi connectivity index (χ0) is 13.7. The predicted molar refractivity (Wildman–Crippen MR) is 78.6 cm³/mol. The molecule has 0 fully saturated rings. The summed E-state index contributed by atoms with van der Waals surface area (Å²) in [4.78, 5) is 8.13. The van der Waals surface area contributed by atoms with Crippen molar-refractivity contribution in [2.24, 2.45) is 0 Å². The van der Waals surface area contributed by atoms with Crippen molar-refractivity contribution < 1.29 is 0 Å². The molecule has 0 spiro atoms. The molecule has 100 valence electrons. The fourth-order valence-corrected chi connectivity index (χ4v) is 2.46.